The van der Waals surface area contributed by atoms with Crippen LogP contribution in [-0.4, -0.2) is 29.9 Å². The van der Waals surface area contributed by atoms with Crippen molar-refractivity contribution in [3.63, 3.8) is 0 Å². The van der Waals surface area contributed by atoms with Crippen molar-refractivity contribution in [2.45, 2.75) is 38.3 Å². The first kappa shape index (κ1) is 16.7. The molecule has 1 aliphatic rings. The summed E-state index contributed by atoms with van der Waals surface area (Å²) in [5.74, 6) is 0.0986. The van der Waals surface area contributed by atoms with E-state index >= 15 is 0 Å². The fraction of sp³-hybridized carbons (Fsp3) is 0.381. The summed E-state index contributed by atoms with van der Waals surface area (Å²) in [5.41, 5.74) is 2.23. The molecule has 1 fully saturated rings. The smallest absolute Gasteiger partial charge is 0.234 e. The van der Waals surface area contributed by atoms with Gasteiger partial charge in [-0.15, -0.1) is 0 Å². The van der Waals surface area contributed by atoms with Crippen molar-refractivity contribution in [1.29, 1.82) is 0 Å². The number of amides is 1. The molecular formula is C21H26N2O. The minimum absolute atomic E-state index is 0.0972. The molecule has 0 saturated carbocycles. The maximum absolute atomic E-state index is 12.7. The van der Waals surface area contributed by atoms with Gasteiger partial charge in [-0.3, -0.25) is 9.69 Å². The van der Waals surface area contributed by atoms with Gasteiger partial charge in [0.25, 0.3) is 0 Å². The van der Waals surface area contributed by atoms with Gasteiger partial charge < -0.3 is 5.32 Å². The number of benzene rings is 2. The maximum Gasteiger partial charge on any atom is 0.234 e. The van der Waals surface area contributed by atoms with Crippen molar-refractivity contribution >= 4 is 5.91 Å². The van der Waals surface area contributed by atoms with Gasteiger partial charge >= 0.3 is 0 Å². The molecule has 1 N–H and O–H groups in total. The van der Waals surface area contributed by atoms with Gasteiger partial charge in [0.2, 0.25) is 5.91 Å². The van der Waals surface area contributed by atoms with E-state index in [0.29, 0.717) is 12.6 Å². The predicted octanol–water partition coefficient (Wildman–Crippen LogP) is 3.77. The SMILES string of the molecule is C[C@@H]1CCCCN1CC(=O)NC(c1ccccc1)c1ccccc1. The third-order valence-electron chi connectivity index (χ3n) is 4.86. The molecule has 3 nitrogen and oxygen atoms in total. The Labute approximate surface area is 144 Å². The van der Waals surface area contributed by atoms with Gasteiger partial charge in [-0.1, -0.05) is 67.1 Å². The van der Waals surface area contributed by atoms with Gasteiger partial charge in [-0.05, 0) is 37.4 Å². The van der Waals surface area contributed by atoms with Crippen LogP contribution in [0.4, 0.5) is 0 Å². The van der Waals surface area contributed by atoms with Gasteiger partial charge in [0.15, 0.2) is 0 Å². The molecule has 3 rings (SSSR count). The number of carbonyl (C=O) groups is 1. The Kier molecular flexibility index (Phi) is 5.65. The monoisotopic (exact) mass is 322 g/mol. The summed E-state index contributed by atoms with van der Waals surface area (Å²) < 4.78 is 0. The molecular weight excluding hydrogens is 296 g/mol. The average molecular weight is 322 g/mol. The lowest BCUT2D eigenvalue weighted by molar-refractivity contribution is -0.123. The van der Waals surface area contributed by atoms with Crippen LogP contribution in [0.2, 0.25) is 0 Å². The fourth-order valence-corrected chi connectivity index (χ4v) is 3.43. The van der Waals surface area contributed by atoms with E-state index in [9.17, 15) is 4.79 Å². The summed E-state index contributed by atoms with van der Waals surface area (Å²) >= 11 is 0. The van der Waals surface area contributed by atoms with E-state index in [1.54, 1.807) is 0 Å². The summed E-state index contributed by atoms with van der Waals surface area (Å²) in [6, 6.07) is 20.8. The lowest BCUT2D eigenvalue weighted by Gasteiger charge is -2.33. The molecule has 1 aliphatic heterocycles. The lowest BCUT2D eigenvalue weighted by Crippen LogP contribution is -2.45. The molecule has 0 bridgehead atoms. The van der Waals surface area contributed by atoms with Crippen molar-refractivity contribution < 1.29 is 4.79 Å². The van der Waals surface area contributed by atoms with Gasteiger partial charge in [0.1, 0.15) is 0 Å². The zero-order chi connectivity index (χ0) is 16.8. The largest absolute Gasteiger partial charge is 0.344 e. The molecule has 0 aromatic heterocycles. The lowest BCUT2D eigenvalue weighted by atomic mass is 9.98. The van der Waals surface area contributed by atoms with E-state index in [2.05, 4.69) is 41.4 Å². The van der Waals surface area contributed by atoms with Crippen LogP contribution in [0.15, 0.2) is 60.7 Å². The van der Waals surface area contributed by atoms with E-state index in [1.165, 1.54) is 19.3 Å². The second kappa shape index (κ2) is 8.11. The molecule has 24 heavy (non-hydrogen) atoms. The minimum atomic E-state index is -0.0972. The molecule has 0 radical (unpaired) electrons. The standard InChI is InChI=1S/C21H26N2O/c1-17-10-8-9-15-23(17)16-20(24)22-21(18-11-4-2-5-12-18)19-13-6-3-7-14-19/h2-7,11-14,17,21H,8-10,15-16H2,1H3,(H,22,24)/t17-/m1/s1. The normalized spacial score (nSPS) is 18.5. The van der Waals surface area contributed by atoms with Crippen LogP contribution in [0.1, 0.15) is 43.4 Å². The van der Waals surface area contributed by atoms with Crippen molar-refractivity contribution in [2.75, 3.05) is 13.1 Å². The number of hydrogen-bond acceptors (Lipinski definition) is 2. The number of carbonyl (C=O) groups excluding carboxylic acids is 1. The van der Waals surface area contributed by atoms with E-state index in [1.807, 2.05) is 36.4 Å². The topological polar surface area (TPSA) is 32.3 Å². The Morgan fingerprint density at radius 3 is 2.17 bits per heavy atom. The number of nitrogens with one attached hydrogen (secondary N) is 1. The third kappa shape index (κ3) is 4.24. The molecule has 0 spiro atoms. The number of likely N-dealkylation sites (tertiary alicyclic amines) is 1. The highest BCUT2D eigenvalue weighted by molar-refractivity contribution is 5.79. The van der Waals surface area contributed by atoms with Crippen LogP contribution >= 0.6 is 0 Å². The molecule has 3 heteroatoms. The Bertz CT molecular complexity index is 602. The van der Waals surface area contributed by atoms with Crippen LogP contribution in [0, 0.1) is 0 Å². The van der Waals surface area contributed by atoms with Crippen LogP contribution < -0.4 is 5.32 Å². The first-order valence-electron chi connectivity index (χ1n) is 8.87. The summed E-state index contributed by atoms with van der Waals surface area (Å²) in [6.45, 7) is 3.73. The molecule has 2 aromatic carbocycles. The zero-order valence-corrected chi connectivity index (χ0v) is 14.3. The molecule has 2 aromatic rings. The summed E-state index contributed by atoms with van der Waals surface area (Å²) in [4.78, 5) is 15.0. The van der Waals surface area contributed by atoms with Crippen LogP contribution in [0.3, 0.4) is 0 Å². The van der Waals surface area contributed by atoms with Gasteiger partial charge in [-0.25, -0.2) is 0 Å². The van der Waals surface area contributed by atoms with Gasteiger partial charge in [-0.2, -0.15) is 0 Å². The summed E-state index contributed by atoms with van der Waals surface area (Å²) in [6.07, 6.45) is 3.66. The minimum Gasteiger partial charge on any atom is -0.344 e. The Morgan fingerprint density at radius 1 is 1.04 bits per heavy atom. The van der Waals surface area contributed by atoms with E-state index < -0.39 is 0 Å². The second-order valence-electron chi connectivity index (χ2n) is 6.64. The maximum atomic E-state index is 12.7. The molecule has 1 amide bonds. The first-order valence-corrected chi connectivity index (χ1v) is 8.87. The number of rotatable bonds is 5. The summed E-state index contributed by atoms with van der Waals surface area (Å²) in [5, 5.41) is 3.24. The predicted molar refractivity (Wildman–Crippen MR) is 97.8 cm³/mol. The van der Waals surface area contributed by atoms with Crippen LogP contribution in [0.25, 0.3) is 0 Å². The number of nitrogens with zero attached hydrogens (tertiary/aromatic N) is 1. The third-order valence-corrected chi connectivity index (χ3v) is 4.86. The van der Waals surface area contributed by atoms with E-state index in [4.69, 9.17) is 0 Å². The number of piperidine rings is 1. The molecule has 0 unspecified atom stereocenters. The summed E-state index contributed by atoms with van der Waals surface area (Å²) in [7, 11) is 0. The van der Waals surface area contributed by atoms with Crippen molar-refractivity contribution in [3.8, 4) is 0 Å². The van der Waals surface area contributed by atoms with Crippen LogP contribution in [0.5, 0.6) is 0 Å². The molecule has 1 atom stereocenters. The number of hydrogen-bond donors (Lipinski definition) is 1. The second-order valence-corrected chi connectivity index (χ2v) is 6.64. The van der Waals surface area contributed by atoms with Crippen molar-refractivity contribution in [1.82, 2.24) is 10.2 Å². The Morgan fingerprint density at radius 2 is 1.62 bits per heavy atom. The van der Waals surface area contributed by atoms with Crippen LogP contribution in [-0.2, 0) is 4.79 Å². The van der Waals surface area contributed by atoms with Crippen molar-refractivity contribution in [3.05, 3.63) is 71.8 Å². The average Bonchev–Trinajstić information content (AvgIpc) is 2.63. The molecule has 0 aliphatic carbocycles. The first-order chi connectivity index (χ1) is 11.7. The van der Waals surface area contributed by atoms with E-state index in [0.717, 1.165) is 17.7 Å². The Balaban J connectivity index is 1.73. The quantitative estimate of drug-likeness (QED) is 0.909. The molecule has 126 valence electrons. The highest BCUT2D eigenvalue weighted by atomic mass is 16.2. The van der Waals surface area contributed by atoms with Gasteiger partial charge in [0, 0.05) is 6.04 Å². The molecule has 1 saturated heterocycles. The van der Waals surface area contributed by atoms with Crippen molar-refractivity contribution in [2.24, 2.45) is 0 Å². The van der Waals surface area contributed by atoms with E-state index in [-0.39, 0.29) is 11.9 Å². The van der Waals surface area contributed by atoms with Gasteiger partial charge in [0.05, 0.1) is 12.6 Å². The zero-order valence-electron chi connectivity index (χ0n) is 14.3. The highest BCUT2D eigenvalue weighted by Crippen LogP contribution is 2.22. The fourth-order valence-electron chi connectivity index (χ4n) is 3.43. The highest BCUT2D eigenvalue weighted by Gasteiger charge is 2.22. The Hall–Kier alpha value is -2.13. The molecule has 1 heterocycles.